The summed E-state index contributed by atoms with van der Waals surface area (Å²) in [6.07, 6.45) is 4.41. The number of fused-ring (bicyclic) bond motifs is 1. The zero-order valence-corrected chi connectivity index (χ0v) is 22.9. The summed E-state index contributed by atoms with van der Waals surface area (Å²) in [4.78, 5) is 34.2. The van der Waals surface area contributed by atoms with E-state index < -0.39 is 0 Å². The van der Waals surface area contributed by atoms with Crippen LogP contribution in [0, 0.1) is 12.8 Å². The van der Waals surface area contributed by atoms with Crippen molar-refractivity contribution in [1.82, 2.24) is 14.8 Å². The second-order valence-corrected chi connectivity index (χ2v) is 11.3. The summed E-state index contributed by atoms with van der Waals surface area (Å²) < 4.78 is 11.5. The molecule has 2 aromatic heterocycles. The fourth-order valence-electron chi connectivity index (χ4n) is 5.12. The van der Waals surface area contributed by atoms with Crippen molar-refractivity contribution < 1.29 is 18.7 Å². The summed E-state index contributed by atoms with van der Waals surface area (Å²) in [5.74, 6) is 1.71. The zero-order chi connectivity index (χ0) is 26.9. The molecule has 1 fully saturated rings. The number of carbonyl (C=O) groups excluding carboxylic acids is 2. The highest BCUT2D eigenvalue weighted by atomic mass is 32.1. The molecule has 1 atom stereocenters. The van der Waals surface area contributed by atoms with Gasteiger partial charge in [0.15, 0.2) is 0 Å². The molecule has 1 aliphatic carbocycles. The van der Waals surface area contributed by atoms with Crippen LogP contribution in [0.1, 0.15) is 62.4 Å². The molecule has 2 aliphatic rings. The van der Waals surface area contributed by atoms with E-state index in [1.165, 1.54) is 22.5 Å². The van der Waals surface area contributed by atoms with Gasteiger partial charge in [0.1, 0.15) is 28.8 Å². The topological polar surface area (TPSA) is 75.9 Å². The summed E-state index contributed by atoms with van der Waals surface area (Å²) in [7, 11) is 1.73. The van der Waals surface area contributed by atoms with Crippen LogP contribution >= 0.6 is 11.3 Å². The Morgan fingerprint density at radius 3 is 2.72 bits per heavy atom. The van der Waals surface area contributed by atoms with Crippen LogP contribution < -0.4 is 4.74 Å². The van der Waals surface area contributed by atoms with E-state index in [4.69, 9.17) is 9.15 Å². The minimum absolute atomic E-state index is 0.125. The van der Waals surface area contributed by atoms with Gasteiger partial charge < -0.3 is 19.0 Å². The lowest BCUT2D eigenvalue weighted by atomic mass is 9.87. The molecule has 39 heavy (non-hydrogen) atoms. The molecular weight excluding hydrogens is 510 g/mol. The van der Waals surface area contributed by atoms with E-state index in [0.717, 1.165) is 53.5 Å². The Labute approximate surface area is 232 Å². The summed E-state index contributed by atoms with van der Waals surface area (Å²) in [5.41, 5.74) is 5.07. The van der Waals surface area contributed by atoms with E-state index in [-0.39, 0.29) is 30.4 Å². The quantitative estimate of drug-likeness (QED) is 0.283. The van der Waals surface area contributed by atoms with Crippen molar-refractivity contribution in [3.8, 4) is 5.75 Å². The molecule has 1 unspecified atom stereocenters. The third-order valence-corrected chi connectivity index (χ3v) is 8.22. The van der Waals surface area contributed by atoms with Crippen molar-refractivity contribution in [3.63, 3.8) is 0 Å². The third kappa shape index (κ3) is 5.47. The first-order chi connectivity index (χ1) is 19.0. The van der Waals surface area contributed by atoms with Crippen LogP contribution in [0.4, 0.5) is 0 Å². The molecule has 3 heterocycles. The van der Waals surface area contributed by atoms with E-state index in [1.807, 2.05) is 12.1 Å². The van der Waals surface area contributed by atoms with Gasteiger partial charge in [-0.15, -0.1) is 11.3 Å². The standard InChI is InChI=1S/C31H31N3O4S/c1-20-5-7-22(8-6-20)29-26-16-24(12-11-21(26)13-14-34(29)30(35)23-9-10-23)38-18-28-32-27(19-39-28)31(36)33(2)17-25-4-3-15-37-25/h3-8,11-12,15-16,19,23,29H,9-10,13-14,17-18H2,1-2H3. The maximum Gasteiger partial charge on any atom is 0.273 e. The van der Waals surface area contributed by atoms with Crippen molar-refractivity contribution in [1.29, 1.82) is 0 Å². The Morgan fingerprint density at radius 1 is 1.15 bits per heavy atom. The lowest BCUT2D eigenvalue weighted by Crippen LogP contribution is -2.41. The molecular formula is C31H31N3O4S. The highest BCUT2D eigenvalue weighted by Crippen LogP contribution is 2.41. The largest absolute Gasteiger partial charge is 0.486 e. The van der Waals surface area contributed by atoms with Crippen LogP contribution in [0.2, 0.25) is 0 Å². The van der Waals surface area contributed by atoms with Gasteiger partial charge in [-0.2, -0.15) is 0 Å². The molecule has 1 aliphatic heterocycles. The molecule has 0 radical (unpaired) electrons. The number of thiazole rings is 1. The van der Waals surface area contributed by atoms with Crippen LogP contribution in [0.3, 0.4) is 0 Å². The molecule has 2 aromatic carbocycles. The van der Waals surface area contributed by atoms with Crippen LogP contribution in [0.25, 0.3) is 0 Å². The molecule has 6 rings (SSSR count). The minimum Gasteiger partial charge on any atom is -0.486 e. The van der Waals surface area contributed by atoms with Crippen molar-refractivity contribution in [2.45, 2.75) is 45.4 Å². The first-order valence-electron chi connectivity index (χ1n) is 13.3. The third-order valence-electron chi connectivity index (χ3n) is 7.40. The van der Waals surface area contributed by atoms with Gasteiger partial charge in [0.25, 0.3) is 5.91 Å². The first-order valence-corrected chi connectivity index (χ1v) is 14.2. The highest BCUT2D eigenvalue weighted by Gasteiger charge is 2.39. The number of hydrogen-bond donors (Lipinski definition) is 0. The van der Waals surface area contributed by atoms with Gasteiger partial charge >= 0.3 is 0 Å². The number of nitrogens with zero attached hydrogens (tertiary/aromatic N) is 3. The van der Waals surface area contributed by atoms with E-state index in [2.05, 4.69) is 53.2 Å². The lowest BCUT2D eigenvalue weighted by Gasteiger charge is -2.38. The van der Waals surface area contributed by atoms with E-state index in [9.17, 15) is 9.59 Å². The van der Waals surface area contributed by atoms with Crippen molar-refractivity contribution in [2.75, 3.05) is 13.6 Å². The van der Waals surface area contributed by atoms with Crippen molar-refractivity contribution in [3.05, 3.63) is 105 Å². The summed E-state index contributed by atoms with van der Waals surface area (Å²) in [6, 6.07) is 18.2. The minimum atomic E-state index is -0.163. The number of aryl methyl sites for hydroxylation is 1. The average molecular weight is 542 g/mol. The Morgan fingerprint density at radius 2 is 1.97 bits per heavy atom. The SMILES string of the molecule is Cc1ccc(C2c3cc(OCc4nc(C(=O)N(C)Cc5ccco5)cs4)ccc3CCN2C(=O)C2CC2)cc1. The normalized spacial score (nSPS) is 16.6. The number of aromatic nitrogens is 1. The Bertz CT molecular complexity index is 1470. The van der Waals surface area contributed by atoms with Gasteiger partial charge in [0.2, 0.25) is 5.91 Å². The first kappa shape index (κ1) is 25.4. The summed E-state index contributed by atoms with van der Waals surface area (Å²) in [5, 5.41) is 2.49. The van der Waals surface area contributed by atoms with Gasteiger partial charge in [-0.25, -0.2) is 4.98 Å². The molecule has 0 saturated heterocycles. The number of carbonyl (C=O) groups is 2. The van der Waals surface area contributed by atoms with Gasteiger partial charge in [0.05, 0.1) is 18.8 Å². The molecule has 200 valence electrons. The maximum atomic E-state index is 13.3. The fraction of sp³-hybridized carbons (Fsp3) is 0.323. The maximum absolute atomic E-state index is 13.3. The van der Waals surface area contributed by atoms with Crippen LogP contribution in [-0.2, 0) is 24.4 Å². The predicted octanol–water partition coefficient (Wildman–Crippen LogP) is 5.78. The molecule has 1 saturated carbocycles. The smallest absolute Gasteiger partial charge is 0.273 e. The van der Waals surface area contributed by atoms with Crippen LogP contribution in [-0.4, -0.2) is 40.2 Å². The number of hydrogen-bond acceptors (Lipinski definition) is 6. The Kier molecular flexibility index (Phi) is 6.95. The summed E-state index contributed by atoms with van der Waals surface area (Å²) in [6.45, 7) is 3.45. The predicted molar refractivity (Wildman–Crippen MR) is 149 cm³/mol. The molecule has 2 amide bonds. The highest BCUT2D eigenvalue weighted by molar-refractivity contribution is 7.09. The molecule has 8 heteroatoms. The number of furan rings is 1. The lowest BCUT2D eigenvalue weighted by molar-refractivity contribution is -0.134. The van der Waals surface area contributed by atoms with E-state index >= 15 is 0 Å². The number of amides is 2. The number of rotatable bonds is 8. The van der Waals surface area contributed by atoms with Crippen LogP contribution in [0.15, 0.2) is 70.7 Å². The van der Waals surface area contributed by atoms with Gasteiger partial charge in [0, 0.05) is 24.9 Å². The van der Waals surface area contributed by atoms with E-state index in [1.54, 1.807) is 29.7 Å². The van der Waals surface area contributed by atoms with Crippen molar-refractivity contribution >= 4 is 23.2 Å². The molecule has 7 nitrogen and oxygen atoms in total. The van der Waals surface area contributed by atoms with Gasteiger partial charge in [-0.1, -0.05) is 35.9 Å². The monoisotopic (exact) mass is 541 g/mol. The van der Waals surface area contributed by atoms with Gasteiger partial charge in [-0.05, 0) is 67.1 Å². The zero-order valence-electron chi connectivity index (χ0n) is 22.1. The number of benzene rings is 2. The summed E-state index contributed by atoms with van der Waals surface area (Å²) >= 11 is 1.40. The number of ether oxygens (including phenoxy) is 1. The second-order valence-electron chi connectivity index (χ2n) is 10.4. The second kappa shape index (κ2) is 10.7. The fourth-order valence-corrected chi connectivity index (χ4v) is 5.80. The average Bonchev–Trinajstić information content (AvgIpc) is 3.47. The Balaban J connectivity index is 1.19. The van der Waals surface area contributed by atoms with Gasteiger partial charge in [-0.3, -0.25) is 9.59 Å². The Hall–Kier alpha value is -3.91. The molecule has 4 aromatic rings. The van der Waals surface area contributed by atoms with Crippen molar-refractivity contribution in [2.24, 2.45) is 5.92 Å². The molecule has 0 N–H and O–H groups in total. The molecule has 0 bridgehead atoms. The van der Waals surface area contributed by atoms with E-state index in [0.29, 0.717) is 12.2 Å². The molecule has 0 spiro atoms. The van der Waals surface area contributed by atoms with Crippen LogP contribution in [0.5, 0.6) is 5.75 Å².